The third-order valence-electron chi connectivity index (χ3n) is 4.88. The zero-order valence-corrected chi connectivity index (χ0v) is 14.0. The molecule has 1 aromatic carbocycles. The van der Waals surface area contributed by atoms with Crippen LogP contribution < -0.4 is 5.73 Å². The Morgan fingerprint density at radius 1 is 1.24 bits per heavy atom. The van der Waals surface area contributed by atoms with E-state index in [9.17, 15) is 0 Å². The average Bonchev–Trinajstić information content (AvgIpc) is 2.64. The van der Waals surface area contributed by atoms with Crippen molar-refractivity contribution in [3.63, 3.8) is 0 Å². The van der Waals surface area contributed by atoms with Crippen molar-refractivity contribution in [1.82, 2.24) is 4.90 Å². The first-order chi connectivity index (χ1) is 10.1. The molecule has 0 aliphatic heterocycles. The molecule has 1 aliphatic rings. The maximum atomic E-state index is 6.69. The van der Waals surface area contributed by atoms with Gasteiger partial charge in [0.2, 0.25) is 0 Å². The number of benzene rings is 1. The highest BCUT2D eigenvalue weighted by Gasteiger charge is 2.30. The molecular weight excluding hydrogens is 256 g/mol. The van der Waals surface area contributed by atoms with Gasteiger partial charge in [-0.3, -0.25) is 4.90 Å². The van der Waals surface area contributed by atoms with Gasteiger partial charge >= 0.3 is 0 Å². The number of nitrogens with zero attached hydrogens (tertiary/aromatic N) is 1. The van der Waals surface area contributed by atoms with Crippen LogP contribution in [0.2, 0.25) is 0 Å². The number of hydrogen-bond donors (Lipinski definition) is 1. The maximum absolute atomic E-state index is 6.69. The van der Waals surface area contributed by atoms with Gasteiger partial charge in [0.05, 0.1) is 0 Å². The minimum atomic E-state index is 0.160. The van der Waals surface area contributed by atoms with Crippen LogP contribution in [0.4, 0.5) is 0 Å². The van der Waals surface area contributed by atoms with Gasteiger partial charge in [-0.2, -0.15) is 0 Å². The van der Waals surface area contributed by atoms with E-state index >= 15 is 0 Å². The Morgan fingerprint density at radius 3 is 2.71 bits per heavy atom. The van der Waals surface area contributed by atoms with Crippen LogP contribution in [0.3, 0.4) is 0 Å². The van der Waals surface area contributed by atoms with Gasteiger partial charge in [-0.15, -0.1) is 0 Å². The first-order valence-corrected chi connectivity index (χ1v) is 8.74. The Hall–Kier alpha value is -0.860. The molecular formula is C19H32N2. The van der Waals surface area contributed by atoms with Crippen LogP contribution in [-0.4, -0.2) is 23.5 Å². The largest absolute Gasteiger partial charge is 0.323 e. The topological polar surface area (TPSA) is 29.3 Å². The molecule has 2 heteroatoms. The summed E-state index contributed by atoms with van der Waals surface area (Å²) < 4.78 is 0. The molecule has 0 bridgehead atoms. The fourth-order valence-corrected chi connectivity index (χ4v) is 3.70. The van der Waals surface area contributed by atoms with Gasteiger partial charge in [0.15, 0.2) is 0 Å². The highest BCUT2D eigenvalue weighted by Crippen LogP contribution is 2.31. The summed E-state index contributed by atoms with van der Waals surface area (Å²) in [6.07, 6.45) is 7.56. The van der Waals surface area contributed by atoms with E-state index in [1.165, 1.54) is 56.2 Å². The lowest BCUT2D eigenvalue weighted by Crippen LogP contribution is -2.46. The van der Waals surface area contributed by atoms with Crippen molar-refractivity contribution in [3.8, 4) is 0 Å². The van der Waals surface area contributed by atoms with Gasteiger partial charge < -0.3 is 5.73 Å². The van der Waals surface area contributed by atoms with Gasteiger partial charge in [0.1, 0.15) is 0 Å². The molecule has 0 amide bonds. The van der Waals surface area contributed by atoms with E-state index in [2.05, 4.69) is 49.9 Å². The number of rotatable bonds is 6. The highest BCUT2D eigenvalue weighted by molar-refractivity contribution is 5.32. The Labute approximate surface area is 130 Å². The zero-order chi connectivity index (χ0) is 15.2. The molecule has 0 radical (unpaired) electrons. The molecule has 0 fully saturated rings. The van der Waals surface area contributed by atoms with Crippen LogP contribution in [-0.2, 0) is 6.42 Å². The SMILES string of the molecule is CCCCCN(C(C)C)C1CCCc2ccccc2C1N. The summed E-state index contributed by atoms with van der Waals surface area (Å²) in [5.74, 6) is 0. The number of nitrogens with two attached hydrogens (primary N) is 1. The molecule has 0 heterocycles. The molecule has 0 aromatic heterocycles. The highest BCUT2D eigenvalue weighted by atomic mass is 15.2. The monoisotopic (exact) mass is 288 g/mol. The first kappa shape index (κ1) is 16.5. The Bertz CT molecular complexity index is 427. The van der Waals surface area contributed by atoms with E-state index in [0.717, 1.165) is 0 Å². The number of hydrogen-bond acceptors (Lipinski definition) is 2. The van der Waals surface area contributed by atoms with Crippen molar-refractivity contribution < 1.29 is 0 Å². The second kappa shape index (κ2) is 7.95. The van der Waals surface area contributed by atoms with Crippen molar-refractivity contribution >= 4 is 0 Å². The maximum Gasteiger partial charge on any atom is 0.0455 e. The van der Waals surface area contributed by atoms with Gasteiger partial charge in [-0.05, 0) is 57.2 Å². The number of fused-ring (bicyclic) bond motifs is 1. The third-order valence-corrected chi connectivity index (χ3v) is 4.88. The van der Waals surface area contributed by atoms with Crippen molar-refractivity contribution in [1.29, 1.82) is 0 Å². The molecule has 2 rings (SSSR count). The van der Waals surface area contributed by atoms with Gasteiger partial charge in [0, 0.05) is 18.1 Å². The lowest BCUT2D eigenvalue weighted by Gasteiger charge is -2.38. The summed E-state index contributed by atoms with van der Waals surface area (Å²) in [5.41, 5.74) is 9.53. The standard InChI is InChI=1S/C19H32N2/c1-4-5-8-14-21(15(2)3)18-13-9-11-16-10-6-7-12-17(16)19(18)20/h6-7,10,12,15,18-19H,4-5,8-9,11,13-14,20H2,1-3H3. The van der Waals surface area contributed by atoms with Crippen LogP contribution in [0, 0.1) is 0 Å². The van der Waals surface area contributed by atoms with E-state index in [1.54, 1.807) is 0 Å². The quantitative estimate of drug-likeness (QED) is 0.625. The van der Waals surface area contributed by atoms with Crippen molar-refractivity contribution in [2.24, 2.45) is 5.73 Å². The van der Waals surface area contributed by atoms with Crippen molar-refractivity contribution in [2.45, 2.75) is 77.4 Å². The predicted octanol–water partition coefficient (Wildman–Crippen LogP) is 4.29. The van der Waals surface area contributed by atoms with Crippen molar-refractivity contribution in [2.75, 3.05) is 6.54 Å². The molecule has 21 heavy (non-hydrogen) atoms. The van der Waals surface area contributed by atoms with Gasteiger partial charge in [0.25, 0.3) is 0 Å². The van der Waals surface area contributed by atoms with Gasteiger partial charge in [-0.25, -0.2) is 0 Å². The lowest BCUT2D eigenvalue weighted by atomic mass is 9.95. The number of aryl methyl sites for hydroxylation is 1. The minimum Gasteiger partial charge on any atom is -0.323 e. The summed E-state index contributed by atoms with van der Waals surface area (Å²) >= 11 is 0. The summed E-state index contributed by atoms with van der Waals surface area (Å²) in [4.78, 5) is 2.66. The molecule has 0 spiro atoms. The molecule has 118 valence electrons. The predicted molar refractivity (Wildman–Crippen MR) is 91.5 cm³/mol. The van der Waals surface area contributed by atoms with E-state index in [0.29, 0.717) is 12.1 Å². The Balaban J connectivity index is 2.16. The normalized spacial score (nSPS) is 22.4. The fourth-order valence-electron chi connectivity index (χ4n) is 3.70. The molecule has 2 atom stereocenters. The lowest BCUT2D eigenvalue weighted by molar-refractivity contribution is 0.122. The van der Waals surface area contributed by atoms with E-state index < -0.39 is 0 Å². The third kappa shape index (κ3) is 4.08. The second-order valence-corrected chi connectivity index (χ2v) is 6.72. The number of unbranched alkanes of at least 4 members (excludes halogenated alkanes) is 2. The van der Waals surface area contributed by atoms with Crippen LogP contribution in [0.1, 0.15) is 70.0 Å². The summed E-state index contributed by atoms with van der Waals surface area (Å²) in [6.45, 7) is 8.09. The minimum absolute atomic E-state index is 0.160. The molecule has 1 aromatic rings. The van der Waals surface area contributed by atoms with Crippen molar-refractivity contribution in [3.05, 3.63) is 35.4 Å². The van der Waals surface area contributed by atoms with E-state index in [4.69, 9.17) is 5.73 Å². The van der Waals surface area contributed by atoms with Crippen LogP contribution in [0.15, 0.2) is 24.3 Å². The molecule has 2 nitrogen and oxygen atoms in total. The second-order valence-electron chi connectivity index (χ2n) is 6.72. The fraction of sp³-hybridized carbons (Fsp3) is 0.684. The van der Waals surface area contributed by atoms with E-state index in [1.807, 2.05) is 0 Å². The molecule has 0 saturated carbocycles. The van der Waals surface area contributed by atoms with Crippen LogP contribution >= 0.6 is 0 Å². The van der Waals surface area contributed by atoms with Gasteiger partial charge in [-0.1, -0.05) is 44.0 Å². The molecule has 1 aliphatic carbocycles. The zero-order valence-electron chi connectivity index (χ0n) is 14.0. The molecule has 2 unspecified atom stereocenters. The van der Waals surface area contributed by atoms with Crippen LogP contribution in [0.25, 0.3) is 0 Å². The Morgan fingerprint density at radius 2 is 2.00 bits per heavy atom. The Kier molecular flexibility index (Phi) is 6.25. The van der Waals surface area contributed by atoms with Crippen LogP contribution in [0.5, 0.6) is 0 Å². The molecule has 2 N–H and O–H groups in total. The smallest absolute Gasteiger partial charge is 0.0455 e. The molecule has 0 saturated heterocycles. The summed E-state index contributed by atoms with van der Waals surface area (Å²) in [6, 6.07) is 10.0. The average molecular weight is 288 g/mol. The summed E-state index contributed by atoms with van der Waals surface area (Å²) in [7, 11) is 0. The first-order valence-electron chi connectivity index (χ1n) is 8.74. The summed E-state index contributed by atoms with van der Waals surface area (Å²) in [5, 5.41) is 0. The van der Waals surface area contributed by atoms with E-state index in [-0.39, 0.29) is 6.04 Å².